The number of morpholine rings is 1. The lowest BCUT2D eigenvalue weighted by Crippen LogP contribution is -2.58. The van der Waals surface area contributed by atoms with Crippen molar-refractivity contribution in [3.05, 3.63) is 35.4 Å². The van der Waals surface area contributed by atoms with Gasteiger partial charge in [-0.15, -0.1) is 0 Å². The highest BCUT2D eigenvalue weighted by Crippen LogP contribution is 2.23. The molecule has 1 saturated heterocycles. The molecule has 19 heavy (non-hydrogen) atoms. The third-order valence-corrected chi connectivity index (χ3v) is 3.41. The number of nitrogens with two attached hydrogens (primary N) is 1. The van der Waals surface area contributed by atoms with Gasteiger partial charge in [-0.05, 0) is 26.3 Å². The van der Waals surface area contributed by atoms with Gasteiger partial charge in [0, 0.05) is 19.6 Å². The zero-order chi connectivity index (χ0) is 14.0. The molecule has 1 aromatic carbocycles. The van der Waals surface area contributed by atoms with Gasteiger partial charge in [-0.1, -0.05) is 29.8 Å². The second-order valence-corrected chi connectivity index (χ2v) is 5.66. The molecule has 4 nitrogen and oxygen atoms in total. The summed E-state index contributed by atoms with van der Waals surface area (Å²) in [6, 6.07) is 8.21. The highest BCUT2D eigenvalue weighted by molar-refractivity contribution is 5.85. The van der Waals surface area contributed by atoms with Crippen LogP contribution >= 0.6 is 0 Å². The van der Waals surface area contributed by atoms with E-state index in [1.807, 2.05) is 17.0 Å². The second-order valence-electron chi connectivity index (χ2n) is 5.66. The summed E-state index contributed by atoms with van der Waals surface area (Å²) in [6.45, 7) is 7.27. The van der Waals surface area contributed by atoms with Crippen molar-refractivity contribution in [2.75, 3.05) is 13.1 Å². The minimum Gasteiger partial charge on any atom is -0.359 e. The Morgan fingerprint density at radius 1 is 1.47 bits per heavy atom. The molecule has 1 aliphatic rings. The Balaban J connectivity index is 2.16. The van der Waals surface area contributed by atoms with Gasteiger partial charge in [0.2, 0.25) is 0 Å². The minimum absolute atomic E-state index is 0.0266. The van der Waals surface area contributed by atoms with Crippen molar-refractivity contribution in [1.82, 2.24) is 4.90 Å². The van der Waals surface area contributed by atoms with Gasteiger partial charge in [0.25, 0.3) is 5.91 Å². The molecule has 4 heteroatoms. The molecule has 0 saturated carbocycles. The summed E-state index contributed by atoms with van der Waals surface area (Å²) >= 11 is 0. The molecule has 1 aliphatic heterocycles. The standard InChI is InChI=1S/C15H22N2O2/c1-11-5-4-6-12(7-11)9-17-10-13(8-16)19-15(2,3)14(17)18/h4-7,13H,8-10,16H2,1-3H3. The predicted molar refractivity (Wildman–Crippen MR) is 74.6 cm³/mol. The number of nitrogens with zero attached hydrogens (tertiary/aromatic N) is 1. The van der Waals surface area contributed by atoms with Crippen LogP contribution in [0.5, 0.6) is 0 Å². The molecule has 104 valence electrons. The van der Waals surface area contributed by atoms with Gasteiger partial charge in [0.05, 0.1) is 6.10 Å². The maximum absolute atomic E-state index is 12.4. The Hall–Kier alpha value is -1.39. The summed E-state index contributed by atoms with van der Waals surface area (Å²) in [5.41, 5.74) is 7.24. The first kappa shape index (κ1) is 14.0. The Labute approximate surface area is 114 Å². The summed E-state index contributed by atoms with van der Waals surface area (Å²) in [5.74, 6) is 0.0266. The van der Waals surface area contributed by atoms with Crippen LogP contribution in [0, 0.1) is 6.92 Å². The number of hydrogen-bond acceptors (Lipinski definition) is 3. The highest BCUT2D eigenvalue weighted by Gasteiger charge is 2.40. The molecule has 2 rings (SSSR count). The van der Waals surface area contributed by atoms with Gasteiger partial charge in [-0.2, -0.15) is 0 Å². The van der Waals surface area contributed by atoms with Gasteiger partial charge in [0.1, 0.15) is 5.60 Å². The van der Waals surface area contributed by atoms with E-state index in [2.05, 4.69) is 19.1 Å². The third-order valence-electron chi connectivity index (χ3n) is 3.41. The monoisotopic (exact) mass is 262 g/mol. The molecule has 0 bridgehead atoms. The van der Waals surface area contributed by atoms with E-state index in [1.165, 1.54) is 5.56 Å². The third kappa shape index (κ3) is 3.14. The molecule has 0 radical (unpaired) electrons. The van der Waals surface area contributed by atoms with Crippen LogP contribution < -0.4 is 5.73 Å². The van der Waals surface area contributed by atoms with Crippen molar-refractivity contribution in [3.8, 4) is 0 Å². The maximum Gasteiger partial charge on any atom is 0.254 e. The zero-order valence-electron chi connectivity index (χ0n) is 11.8. The van der Waals surface area contributed by atoms with E-state index >= 15 is 0 Å². The average molecular weight is 262 g/mol. The molecular formula is C15H22N2O2. The van der Waals surface area contributed by atoms with Crippen molar-refractivity contribution in [3.63, 3.8) is 0 Å². The number of benzene rings is 1. The first-order valence-corrected chi connectivity index (χ1v) is 6.65. The summed E-state index contributed by atoms with van der Waals surface area (Å²) in [6.07, 6.45) is -0.0856. The van der Waals surface area contributed by atoms with Crippen molar-refractivity contribution in [2.45, 2.75) is 39.0 Å². The lowest BCUT2D eigenvalue weighted by molar-refractivity contribution is -0.179. The molecule has 1 aromatic rings. The van der Waals surface area contributed by atoms with Crippen molar-refractivity contribution >= 4 is 5.91 Å². The Kier molecular flexibility index (Phi) is 3.92. The average Bonchev–Trinajstić information content (AvgIpc) is 2.34. The Morgan fingerprint density at radius 3 is 2.84 bits per heavy atom. The van der Waals surface area contributed by atoms with E-state index in [0.29, 0.717) is 19.6 Å². The van der Waals surface area contributed by atoms with Crippen LogP contribution in [0.2, 0.25) is 0 Å². The van der Waals surface area contributed by atoms with E-state index in [9.17, 15) is 4.79 Å². The molecule has 1 atom stereocenters. The lowest BCUT2D eigenvalue weighted by atomic mass is 10.0. The van der Waals surface area contributed by atoms with Crippen LogP contribution in [0.1, 0.15) is 25.0 Å². The van der Waals surface area contributed by atoms with E-state index in [-0.39, 0.29) is 12.0 Å². The van der Waals surface area contributed by atoms with E-state index in [4.69, 9.17) is 10.5 Å². The van der Waals surface area contributed by atoms with E-state index < -0.39 is 5.60 Å². The minimum atomic E-state index is -0.786. The fourth-order valence-electron chi connectivity index (χ4n) is 2.50. The number of hydrogen-bond donors (Lipinski definition) is 1. The molecule has 1 heterocycles. The van der Waals surface area contributed by atoms with Crippen molar-refractivity contribution in [2.24, 2.45) is 5.73 Å². The molecule has 2 N–H and O–H groups in total. The van der Waals surface area contributed by atoms with Crippen LogP contribution in [-0.4, -0.2) is 35.6 Å². The van der Waals surface area contributed by atoms with Gasteiger partial charge < -0.3 is 15.4 Å². The fraction of sp³-hybridized carbons (Fsp3) is 0.533. The van der Waals surface area contributed by atoms with Crippen molar-refractivity contribution in [1.29, 1.82) is 0 Å². The largest absolute Gasteiger partial charge is 0.359 e. The molecule has 1 fully saturated rings. The lowest BCUT2D eigenvalue weighted by Gasteiger charge is -2.41. The first-order chi connectivity index (χ1) is 8.92. The van der Waals surface area contributed by atoms with Crippen LogP contribution in [-0.2, 0) is 16.1 Å². The second kappa shape index (κ2) is 5.31. The Morgan fingerprint density at radius 2 is 2.21 bits per heavy atom. The number of aryl methyl sites for hydroxylation is 1. The SMILES string of the molecule is Cc1cccc(CN2CC(CN)OC(C)(C)C2=O)c1. The fourth-order valence-corrected chi connectivity index (χ4v) is 2.50. The highest BCUT2D eigenvalue weighted by atomic mass is 16.5. The predicted octanol–water partition coefficient (Wildman–Crippen LogP) is 1.46. The normalized spacial score (nSPS) is 22.6. The first-order valence-electron chi connectivity index (χ1n) is 6.65. The molecule has 1 amide bonds. The molecular weight excluding hydrogens is 240 g/mol. The summed E-state index contributed by atoms with van der Waals surface area (Å²) in [5, 5.41) is 0. The molecule has 0 aromatic heterocycles. The number of rotatable bonds is 3. The maximum atomic E-state index is 12.4. The number of ether oxygens (including phenoxy) is 1. The molecule has 0 spiro atoms. The van der Waals surface area contributed by atoms with Gasteiger partial charge in [-0.3, -0.25) is 4.79 Å². The summed E-state index contributed by atoms with van der Waals surface area (Å²) in [7, 11) is 0. The number of carbonyl (C=O) groups excluding carboxylic acids is 1. The summed E-state index contributed by atoms with van der Waals surface area (Å²) < 4.78 is 5.71. The quantitative estimate of drug-likeness (QED) is 0.897. The number of amides is 1. The topological polar surface area (TPSA) is 55.6 Å². The van der Waals surface area contributed by atoms with E-state index in [1.54, 1.807) is 13.8 Å². The van der Waals surface area contributed by atoms with Gasteiger partial charge in [0.15, 0.2) is 0 Å². The zero-order valence-corrected chi connectivity index (χ0v) is 11.8. The van der Waals surface area contributed by atoms with Gasteiger partial charge in [-0.25, -0.2) is 0 Å². The van der Waals surface area contributed by atoms with Crippen LogP contribution in [0.25, 0.3) is 0 Å². The number of carbonyl (C=O) groups is 1. The van der Waals surface area contributed by atoms with Crippen LogP contribution in [0.4, 0.5) is 0 Å². The molecule has 0 aliphatic carbocycles. The molecule has 1 unspecified atom stereocenters. The smallest absolute Gasteiger partial charge is 0.254 e. The van der Waals surface area contributed by atoms with Gasteiger partial charge >= 0.3 is 0 Å². The Bertz CT molecular complexity index is 471. The van der Waals surface area contributed by atoms with E-state index in [0.717, 1.165) is 5.56 Å². The van der Waals surface area contributed by atoms with Crippen LogP contribution in [0.3, 0.4) is 0 Å². The van der Waals surface area contributed by atoms with Crippen LogP contribution in [0.15, 0.2) is 24.3 Å². The summed E-state index contributed by atoms with van der Waals surface area (Å²) in [4.78, 5) is 14.2. The van der Waals surface area contributed by atoms with Crippen molar-refractivity contribution < 1.29 is 9.53 Å².